The van der Waals surface area contributed by atoms with Gasteiger partial charge in [0.15, 0.2) is 0 Å². The van der Waals surface area contributed by atoms with Crippen LogP contribution >= 0.6 is 0 Å². The molecule has 0 saturated carbocycles. The monoisotopic (exact) mass is 362 g/mol. The summed E-state index contributed by atoms with van der Waals surface area (Å²) in [6, 6.07) is 17.9. The number of hydrogen-bond acceptors (Lipinski definition) is 3. The van der Waals surface area contributed by atoms with Crippen molar-refractivity contribution in [2.24, 2.45) is 0 Å². The third kappa shape index (κ3) is 4.19. The summed E-state index contributed by atoms with van der Waals surface area (Å²) in [7, 11) is 1.80. The van der Waals surface area contributed by atoms with E-state index in [2.05, 4.69) is 15.3 Å². The summed E-state index contributed by atoms with van der Waals surface area (Å²) in [5.74, 6) is 0.748. The molecule has 0 fully saturated rings. The van der Waals surface area contributed by atoms with Gasteiger partial charge in [-0.15, -0.1) is 0 Å². The van der Waals surface area contributed by atoms with Crippen molar-refractivity contribution in [3.05, 3.63) is 83.4 Å². The molecule has 5 heteroatoms. The van der Waals surface area contributed by atoms with Crippen molar-refractivity contribution in [3.8, 4) is 0 Å². The van der Waals surface area contributed by atoms with E-state index in [-0.39, 0.29) is 5.91 Å². The highest BCUT2D eigenvalue weighted by Crippen LogP contribution is 2.29. The standard InChI is InChI=1S/C22H26N4O/c1-16-10-12-19(13-11-16)25-22(3,18-8-6-5-7-9-18)21(27)26(4)15-20-23-14-17(2)24-20/h5-14,25H,15H2,1-4H3,(H,23,24). The van der Waals surface area contributed by atoms with Crippen LogP contribution in [0.1, 0.15) is 29.6 Å². The predicted octanol–water partition coefficient (Wildman–Crippen LogP) is 4.01. The van der Waals surface area contributed by atoms with Gasteiger partial charge in [-0.1, -0.05) is 48.0 Å². The second kappa shape index (κ2) is 7.66. The SMILES string of the molecule is Cc1ccc(NC(C)(C(=O)N(C)Cc2ncc(C)[nH]2)c2ccccc2)cc1. The number of nitrogens with one attached hydrogen (secondary N) is 2. The minimum Gasteiger partial charge on any atom is -0.368 e. The van der Waals surface area contributed by atoms with Gasteiger partial charge in [0, 0.05) is 24.6 Å². The molecule has 0 radical (unpaired) electrons. The third-order valence-electron chi connectivity index (χ3n) is 4.71. The molecule has 2 aromatic carbocycles. The summed E-state index contributed by atoms with van der Waals surface area (Å²) in [6.07, 6.45) is 1.77. The molecule has 1 heterocycles. The molecule has 1 atom stereocenters. The van der Waals surface area contributed by atoms with Crippen molar-refractivity contribution in [2.45, 2.75) is 32.9 Å². The molecule has 0 aliphatic rings. The minimum absolute atomic E-state index is 0.0247. The molecule has 1 unspecified atom stereocenters. The Hall–Kier alpha value is -3.08. The number of imidazole rings is 1. The number of aromatic nitrogens is 2. The Labute approximate surface area is 160 Å². The Bertz CT molecular complexity index is 902. The Morgan fingerprint density at radius 1 is 1.11 bits per heavy atom. The molecule has 140 valence electrons. The minimum atomic E-state index is -0.896. The molecule has 5 nitrogen and oxygen atoms in total. The Morgan fingerprint density at radius 3 is 2.37 bits per heavy atom. The van der Waals surface area contributed by atoms with Crippen LogP contribution in [0.4, 0.5) is 5.69 Å². The first-order chi connectivity index (χ1) is 12.9. The van der Waals surface area contributed by atoms with Crippen molar-refractivity contribution < 1.29 is 4.79 Å². The smallest absolute Gasteiger partial charge is 0.252 e. The number of nitrogens with zero attached hydrogens (tertiary/aromatic N) is 2. The average molecular weight is 362 g/mol. The second-order valence-corrected chi connectivity index (χ2v) is 7.16. The topological polar surface area (TPSA) is 61.0 Å². The number of amides is 1. The lowest BCUT2D eigenvalue weighted by Crippen LogP contribution is -2.48. The molecule has 0 spiro atoms. The van der Waals surface area contributed by atoms with Crippen LogP contribution in [-0.2, 0) is 16.9 Å². The van der Waals surface area contributed by atoms with Gasteiger partial charge in [-0.25, -0.2) is 4.98 Å². The van der Waals surface area contributed by atoms with Crippen LogP contribution in [0.5, 0.6) is 0 Å². The van der Waals surface area contributed by atoms with Crippen molar-refractivity contribution in [2.75, 3.05) is 12.4 Å². The quantitative estimate of drug-likeness (QED) is 0.696. The fraction of sp³-hybridized carbons (Fsp3) is 0.273. The number of likely N-dealkylation sites (N-methyl/N-ethyl adjacent to an activating group) is 1. The highest BCUT2D eigenvalue weighted by molar-refractivity contribution is 5.90. The number of benzene rings is 2. The van der Waals surface area contributed by atoms with Crippen molar-refractivity contribution in [3.63, 3.8) is 0 Å². The number of aromatic amines is 1. The molecule has 1 aromatic heterocycles. The zero-order valence-electron chi connectivity index (χ0n) is 16.3. The second-order valence-electron chi connectivity index (χ2n) is 7.16. The molecule has 0 saturated heterocycles. The molecule has 0 bridgehead atoms. The van der Waals surface area contributed by atoms with E-state index in [1.807, 2.05) is 75.4 Å². The lowest BCUT2D eigenvalue weighted by molar-refractivity contribution is -0.135. The maximum atomic E-state index is 13.5. The van der Waals surface area contributed by atoms with Gasteiger partial charge in [-0.05, 0) is 38.5 Å². The normalized spacial score (nSPS) is 13.0. The van der Waals surface area contributed by atoms with Crippen molar-refractivity contribution in [1.82, 2.24) is 14.9 Å². The van der Waals surface area contributed by atoms with E-state index in [9.17, 15) is 4.79 Å². The van der Waals surface area contributed by atoms with Gasteiger partial charge in [-0.2, -0.15) is 0 Å². The zero-order valence-corrected chi connectivity index (χ0v) is 16.3. The van der Waals surface area contributed by atoms with Crippen molar-refractivity contribution in [1.29, 1.82) is 0 Å². The Morgan fingerprint density at radius 2 is 1.78 bits per heavy atom. The number of anilines is 1. The number of carbonyl (C=O) groups is 1. The maximum Gasteiger partial charge on any atom is 0.252 e. The van der Waals surface area contributed by atoms with Crippen LogP contribution in [0, 0.1) is 13.8 Å². The third-order valence-corrected chi connectivity index (χ3v) is 4.71. The van der Waals surface area contributed by atoms with E-state index in [0.717, 1.165) is 22.8 Å². The molecular weight excluding hydrogens is 336 g/mol. The summed E-state index contributed by atoms with van der Waals surface area (Å²) in [5.41, 5.74) is 3.08. The van der Waals surface area contributed by atoms with E-state index in [1.165, 1.54) is 5.56 Å². The lowest BCUT2D eigenvalue weighted by Gasteiger charge is -2.34. The first kappa shape index (κ1) is 18.7. The molecule has 0 aliphatic heterocycles. The summed E-state index contributed by atoms with van der Waals surface area (Å²) in [5, 5.41) is 3.45. The van der Waals surface area contributed by atoms with E-state index in [0.29, 0.717) is 6.54 Å². The van der Waals surface area contributed by atoms with E-state index < -0.39 is 5.54 Å². The van der Waals surface area contributed by atoms with E-state index in [4.69, 9.17) is 0 Å². The summed E-state index contributed by atoms with van der Waals surface area (Å²) in [6.45, 7) is 6.34. The van der Waals surface area contributed by atoms with Gasteiger partial charge in [-0.3, -0.25) is 4.79 Å². The number of H-pyrrole nitrogens is 1. The Kier molecular flexibility index (Phi) is 5.31. The summed E-state index contributed by atoms with van der Waals surface area (Å²) >= 11 is 0. The van der Waals surface area contributed by atoms with Gasteiger partial charge in [0.2, 0.25) is 0 Å². The van der Waals surface area contributed by atoms with E-state index >= 15 is 0 Å². The first-order valence-electron chi connectivity index (χ1n) is 9.05. The van der Waals surface area contributed by atoms with Crippen LogP contribution in [0.15, 0.2) is 60.8 Å². The van der Waals surface area contributed by atoms with Gasteiger partial charge in [0.25, 0.3) is 5.91 Å². The van der Waals surface area contributed by atoms with Gasteiger partial charge in [0.05, 0.1) is 6.54 Å². The number of aryl methyl sites for hydroxylation is 2. The number of hydrogen-bond donors (Lipinski definition) is 2. The van der Waals surface area contributed by atoms with Gasteiger partial charge in [0.1, 0.15) is 11.4 Å². The summed E-state index contributed by atoms with van der Waals surface area (Å²) in [4.78, 5) is 22.7. The van der Waals surface area contributed by atoms with Crippen LogP contribution in [-0.4, -0.2) is 27.8 Å². The van der Waals surface area contributed by atoms with Crippen LogP contribution in [0.2, 0.25) is 0 Å². The predicted molar refractivity (Wildman–Crippen MR) is 108 cm³/mol. The van der Waals surface area contributed by atoms with Crippen LogP contribution < -0.4 is 5.32 Å². The fourth-order valence-electron chi connectivity index (χ4n) is 3.17. The van der Waals surface area contributed by atoms with Crippen molar-refractivity contribution >= 4 is 11.6 Å². The zero-order chi connectivity index (χ0) is 19.4. The molecule has 3 rings (SSSR count). The maximum absolute atomic E-state index is 13.5. The largest absolute Gasteiger partial charge is 0.368 e. The van der Waals surface area contributed by atoms with E-state index in [1.54, 1.807) is 18.1 Å². The van der Waals surface area contributed by atoms with Crippen LogP contribution in [0.25, 0.3) is 0 Å². The van der Waals surface area contributed by atoms with Gasteiger partial charge < -0.3 is 15.2 Å². The molecule has 1 amide bonds. The molecule has 0 aliphatic carbocycles. The first-order valence-corrected chi connectivity index (χ1v) is 9.05. The fourth-order valence-corrected chi connectivity index (χ4v) is 3.17. The summed E-state index contributed by atoms with van der Waals surface area (Å²) < 4.78 is 0. The molecule has 2 N–H and O–H groups in total. The molecule has 3 aromatic rings. The number of rotatable bonds is 6. The van der Waals surface area contributed by atoms with Crippen LogP contribution in [0.3, 0.4) is 0 Å². The van der Waals surface area contributed by atoms with Gasteiger partial charge >= 0.3 is 0 Å². The number of carbonyl (C=O) groups excluding carboxylic acids is 1. The molecular formula is C22H26N4O. The highest BCUT2D eigenvalue weighted by Gasteiger charge is 2.37. The Balaban J connectivity index is 1.90. The lowest BCUT2D eigenvalue weighted by atomic mass is 9.89. The molecule has 27 heavy (non-hydrogen) atoms. The average Bonchev–Trinajstić information content (AvgIpc) is 3.08. The highest BCUT2D eigenvalue weighted by atomic mass is 16.2.